The summed E-state index contributed by atoms with van der Waals surface area (Å²) in [7, 11) is 0. The molecule has 0 atom stereocenters. The van der Waals surface area contributed by atoms with Gasteiger partial charge in [0.05, 0.1) is 0 Å². The molecule has 0 radical (unpaired) electrons. The summed E-state index contributed by atoms with van der Waals surface area (Å²) >= 11 is 0. The highest BCUT2D eigenvalue weighted by Gasteiger charge is 2.30. The summed E-state index contributed by atoms with van der Waals surface area (Å²) in [6, 6.07) is 0. The van der Waals surface area contributed by atoms with Gasteiger partial charge in [-0.25, -0.2) is 0 Å². The lowest BCUT2D eigenvalue weighted by Crippen LogP contribution is -2.03. The summed E-state index contributed by atoms with van der Waals surface area (Å²) in [4.78, 5) is 0. The smallest absolute Gasteiger partial charge is 0.0770 e. The summed E-state index contributed by atoms with van der Waals surface area (Å²) < 4.78 is 0. The zero-order valence-electron chi connectivity index (χ0n) is 6.12. The Labute approximate surface area is 52.3 Å². The van der Waals surface area contributed by atoms with E-state index in [4.69, 9.17) is 0 Å². The molecule has 0 heterocycles. The molecule has 1 rings (SSSR count). The van der Waals surface area contributed by atoms with Gasteiger partial charge in [-0.15, -0.1) is 0 Å². The number of hydrogen-bond acceptors (Lipinski definition) is 0. The standard InChI is InChI=1S/C8H15/c1-4-7(2)8(3)5-6-8/h4-6H2,1-3H3/q-1. The lowest BCUT2D eigenvalue weighted by molar-refractivity contribution is 0.560. The van der Waals surface area contributed by atoms with Crippen LogP contribution in [0, 0.1) is 11.3 Å². The van der Waals surface area contributed by atoms with Crippen LogP contribution in [0.2, 0.25) is 0 Å². The fourth-order valence-corrected chi connectivity index (χ4v) is 1.04. The lowest BCUT2D eigenvalue weighted by atomic mass is 9.91. The second-order valence-corrected chi connectivity index (χ2v) is 3.19. The van der Waals surface area contributed by atoms with Gasteiger partial charge in [0.2, 0.25) is 0 Å². The summed E-state index contributed by atoms with van der Waals surface area (Å²) in [5.74, 6) is 1.69. The molecule has 0 heteroatoms. The third-order valence-electron chi connectivity index (χ3n) is 2.56. The van der Waals surface area contributed by atoms with E-state index >= 15 is 0 Å². The minimum Gasteiger partial charge on any atom is -0.311 e. The van der Waals surface area contributed by atoms with Crippen LogP contribution in [0.5, 0.6) is 0 Å². The van der Waals surface area contributed by atoms with Gasteiger partial charge in [-0.2, -0.15) is 18.8 Å². The second-order valence-electron chi connectivity index (χ2n) is 3.19. The summed E-state index contributed by atoms with van der Waals surface area (Å²) in [6.45, 7) is 6.90. The van der Waals surface area contributed by atoms with E-state index in [2.05, 4.69) is 20.8 Å². The van der Waals surface area contributed by atoms with Crippen LogP contribution in [-0.4, -0.2) is 0 Å². The number of rotatable bonds is 2. The quantitative estimate of drug-likeness (QED) is 0.481. The Balaban J connectivity index is 2.34. The average Bonchev–Trinajstić information content (AvgIpc) is 2.47. The lowest BCUT2D eigenvalue weighted by Gasteiger charge is -2.30. The summed E-state index contributed by atoms with van der Waals surface area (Å²) in [6.07, 6.45) is 4.15. The highest BCUT2D eigenvalue weighted by Crippen LogP contribution is 2.53. The molecule has 1 saturated carbocycles. The predicted molar refractivity (Wildman–Crippen MR) is 36.5 cm³/mol. The molecule has 1 aliphatic carbocycles. The fraction of sp³-hybridized carbons (Fsp3) is 0.875. The van der Waals surface area contributed by atoms with Gasteiger partial charge in [0.25, 0.3) is 0 Å². The zero-order valence-corrected chi connectivity index (χ0v) is 6.12. The van der Waals surface area contributed by atoms with Crippen LogP contribution in [0.4, 0.5) is 0 Å². The van der Waals surface area contributed by atoms with Crippen LogP contribution in [0.15, 0.2) is 0 Å². The van der Waals surface area contributed by atoms with Crippen molar-refractivity contribution in [3.8, 4) is 0 Å². The van der Waals surface area contributed by atoms with Crippen molar-refractivity contribution >= 4 is 0 Å². The second kappa shape index (κ2) is 1.75. The highest BCUT2D eigenvalue weighted by molar-refractivity contribution is 5.09. The van der Waals surface area contributed by atoms with Gasteiger partial charge in [-0.05, 0) is 0 Å². The van der Waals surface area contributed by atoms with Crippen molar-refractivity contribution in [3.63, 3.8) is 0 Å². The van der Waals surface area contributed by atoms with Crippen molar-refractivity contribution in [1.29, 1.82) is 0 Å². The first kappa shape index (κ1) is 6.12. The molecule has 0 saturated heterocycles. The molecule has 1 fully saturated rings. The first-order valence-corrected chi connectivity index (χ1v) is 3.52. The molecule has 0 amide bonds. The molecule has 0 bridgehead atoms. The zero-order chi connectivity index (χ0) is 6.20. The first-order valence-electron chi connectivity index (χ1n) is 3.52. The highest BCUT2D eigenvalue weighted by atomic mass is 14.5. The van der Waals surface area contributed by atoms with Crippen molar-refractivity contribution in [2.75, 3.05) is 0 Å². The van der Waals surface area contributed by atoms with E-state index in [1.165, 1.54) is 19.3 Å². The Bertz CT molecular complexity index is 80.0. The molecule has 0 aromatic rings. The molecule has 8 heavy (non-hydrogen) atoms. The van der Waals surface area contributed by atoms with Crippen molar-refractivity contribution < 1.29 is 0 Å². The molecular weight excluding hydrogens is 96.1 g/mol. The maximum absolute atomic E-state index is 2.37. The minimum atomic E-state index is 0.675. The molecule has 0 aliphatic heterocycles. The Kier molecular flexibility index (Phi) is 1.34. The maximum Gasteiger partial charge on any atom is -0.0770 e. The van der Waals surface area contributed by atoms with Crippen molar-refractivity contribution in [1.82, 2.24) is 0 Å². The van der Waals surface area contributed by atoms with Crippen LogP contribution in [0.25, 0.3) is 0 Å². The molecule has 48 valence electrons. The Morgan fingerprint density at radius 3 is 2.12 bits per heavy atom. The van der Waals surface area contributed by atoms with E-state index in [9.17, 15) is 0 Å². The Morgan fingerprint density at radius 2 is 2.00 bits per heavy atom. The molecule has 0 N–H and O–H groups in total. The van der Waals surface area contributed by atoms with E-state index in [1.807, 2.05) is 0 Å². The monoisotopic (exact) mass is 111 g/mol. The van der Waals surface area contributed by atoms with Crippen LogP contribution in [0.3, 0.4) is 0 Å². The van der Waals surface area contributed by atoms with E-state index in [0.29, 0.717) is 5.41 Å². The fourth-order valence-electron chi connectivity index (χ4n) is 1.04. The van der Waals surface area contributed by atoms with E-state index in [-0.39, 0.29) is 0 Å². The third-order valence-corrected chi connectivity index (χ3v) is 2.56. The predicted octanol–water partition coefficient (Wildman–Crippen LogP) is 2.79. The van der Waals surface area contributed by atoms with Crippen LogP contribution >= 0.6 is 0 Å². The van der Waals surface area contributed by atoms with Crippen LogP contribution in [-0.2, 0) is 0 Å². The summed E-state index contributed by atoms with van der Waals surface area (Å²) in [5, 5.41) is 0. The van der Waals surface area contributed by atoms with Crippen molar-refractivity contribution in [2.45, 2.75) is 40.0 Å². The number of hydrogen-bond donors (Lipinski definition) is 0. The van der Waals surface area contributed by atoms with Gasteiger partial charge in [0, 0.05) is 0 Å². The van der Waals surface area contributed by atoms with E-state index < -0.39 is 0 Å². The Morgan fingerprint density at radius 1 is 1.50 bits per heavy atom. The molecule has 1 aliphatic rings. The van der Waals surface area contributed by atoms with Gasteiger partial charge in [-0.3, -0.25) is 0 Å². The van der Waals surface area contributed by atoms with Gasteiger partial charge < -0.3 is 5.92 Å². The molecule has 0 nitrogen and oxygen atoms in total. The van der Waals surface area contributed by atoms with E-state index in [1.54, 1.807) is 5.92 Å². The average molecular weight is 111 g/mol. The van der Waals surface area contributed by atoms with Gasteiger partial charge >= 0.3 is 0 Å². The third kappa shape index (κ3) is 0.888. The van der Waals surface area contributed by atoms with Crippen LogP contribution < -0.4 is 0 Å². The van der Waals surface area contributed by atoms with E-state index in [0.717, 1.165) is 0 Å². The molecule has 0 aromatic carbocycles. The topological polar surface area (TPSA) is 0 Å². The molecular formula is C8H15-. The molecule has 0 unspecified atom stereocenters. The largest absolute Gasteiger partial charge is 0.311 e. The first-order chi connectivity index (χ1) is 3.69. The van der Waals surface area contributed by atoms with Crippen molar-refractivity contribution in [3.05, 3.63) is 5.92 Å². The molecule has 0 spiro atoms. The van der Waals surface area contributed by atoms with Crippen molar-refractivity contribution in [2.24, 2.45) is 5.41 Å². The summed E-state index contributed by atoms with van der Waals surface area (Å²) in [5.41, 5.74) is 0.675. The van der Waals surface area contributed by atoms with Gasteiger partial charge in [0.1, 0.15) is 0 Å². The Hall–Kier alpha value is 0. The minimum absolute atomic E-state index is 0.675. The SMILES string of the molecule is CC[C-](C)C1(C)CC1. The van der Waals surface area contributed by atoms with Gasteiger partial charge in [0.15, 0.2) is 0 Å². The van der Waals surface area contributed by atoms with Crippen LogP contribution in [0.1, 0.15) is 40.0 Å². The molecule has 0 aromatic heterocycles. The maximum atomic E-state index is 2.37. The normalized spacial score (nSPS) is 24.0. The van der Waals surface area contributed by atoms with Gasteiger partial charge in [-0.1, -0.05) is 26.7 Å².